The molecule has 0 aliphatic rings. The number of nitrogens with zero attached hydrogens (tertiary/aromatic N) is 4. The number of carbonyl (C=O) groups is 1. The Bertz CT molecular complexity index is 941. The second kappa shape index (κ2) is 8.17. The summed E-state index contributed by atoms with van der Waals surface area (Å²) in [6, 6.07) is 12.4. The number of hydrogen-bond acceptors (Lipinski definition) is 7. The monoisotopic (exact) mass is 369 g/mol. The zero-order valence-electron chi connectivity index (χ0n) is 15.2. The minimum atomic E-state index is -0.278. The van der Waals surface area contributed by atoms with Crippen LogP contribution in [0.3, 0.4) is 0 Å². The van der Waals surface area contributed by atoms with Gasteiger partial charge in [0.2, 0.25) is 11.7 Å². The number of nitrogens with one attached hydrogen (secondary N) is 1. The molecule has 0 radical (unpaired) electrons. The van der Waals surface area contributed by atoms with E-state index < -0.39 is 0 Å². The van der Waals surface area contributed by atoms with Gasteiger partial charge in [-0.05, 0) is 35.5 Å². The van der Waals surface area contributed by atoms with Crippen LogP contribution < -0.4 is 19.5 Å². The molecule has 3 rings (SSSR count). The number of anilines is 1. The van der Waals surface area contributed by atoms with Crippen molar-refractivity contribution in [3.63, 3.8) is 0 Å². The normalized spacial score (nSPS) is 10.3. The fourth-order valence-corrected chi connectivity index (χ4v) is 2.43. The predicted molar refractivity (Wildman–Crippen MR) is 98.0 cm³/mol. The summed E-state index contributed by atoms with van der Waals surface area (Å²) in [7, 11) is 4.68. The summed E-state index contributed by atoms with van der Waals surface area (Å²) in [4.78, 5) is 13.4. The van der Waals surface area contributed by atoms with Crippen LogP contribution in [-0.2, 0) is 11.3 Å². The van der Waals surface area contributed by atoms with Crippen LogP contribution in [0, 0.1) is 0 Å². The summed E-state index contributed by atoms with van der Waals surface area (Å²) >= 11 is 0. The number of amides is 1. The first kappa shape index (κ1) is 18.2. The third-order valence-corrected chi connectivity index (χ3v) is 3.73. The van der Waals surface area contributed by atoms with Crippen LogP contribution in [-0.4, -0.2) is 47.4 Å². The first-order valence-electron chi connectivity index (χ1n) is 8.07. The number of tetrazole rings is 1. The molecule has 27 heavy (non-hydrogen) atoms. The zero-order valence-corrected chi connectivity index (χ0v) is 15.2. The molecule has 1 N–H and O–H groups in total. The molecule has 0 saturated heterocycles. The van der Waals surface area contributed by atoms with E-state index >= 15 is 0 Å². The van der Waals surface area contributed by atoms with Crippen molar-refractivity contribution in [3.05, 3.63) is 42.5 Å². The van der Waals surface area contributed by atoms with Crippen LogP contribution >= 0.6 is 0 Å². The molecule has 0 spiro atoms. The zero-order chi connectivity index (χ0) is 19.2. The van der Waals surface area contributed by atoms with Crippen molar-refractivity contribution in [2.45, 2.75) is 6.54 Å². The third-order valence-electron chi connectivity index (χ3n) is 3.73. The van der Waals surface area contributed by atoms with Gasteiger partial charge >= 0.3 is 0 Å². The van der Waals surface area contributed by atoms with E-state index in [-0.39, 0.29) is 12.5 Å². The molecule has 140 valence electrons. The minimum absolute atomic E-state index is 0.0719. The van der Waals surface area contributed by atoms with Crippen molar-refractivity contribution in [3.8, 4) is 28.6 Å². The van der Waals surface area contributed by atoms with E-state index in [4.69, 9.17) is 14.2 Å². The number of aromatic nitrogens is 4. The molecule has 9 heteroatoms. The number of carbonyl (C=O) groups excluding carboxylic acids is 1. The highest BCUT2D eigenvalue weighted by atomic mass is 16.5. The van der Waals surface area contributed by atoms with E-state index in [0.717, 1.165) is 0 Å². The average Bonchev–Trinajstić information content (AvgIpc) is 3.15. The summed E-state index contributed by atoms with van der Waals surface area (Å²) in [6.45, 7) is -0.0719. The lowest BCUT2D eigenvalue weighted by Gasteiger charge is -2.07. The molecule has 0 atom stereocenters. The first-order valence-corrected chi connectivity index (χ1v) is 8.07. The molecular weight excluding hydrogens is 350 g/mol. The highest BCUT2D eigenvalue weighted by Crippen LogP contribution is 2.30. The fourth-order valence-electron chi connectivity index (χ4n) is 2.43. The van der Waals surface area contributed by atoms with Gasteiger partial charge in [0.15, 0.2) is 11.5 Å². The Morgan fingerprint density at radius 1 is 1.04 bits per heavy atom. The van der Waals surface area contributed by atoms with Gasteiger partial charge in [0.1, 0.15) is 12.3 Å². The average molecular weight is 369 g/mol. The second-order valence-electron chi connectivity index (χ2n) is 5.49. The molecular formula is C18H19N5O4. The van der Waals surface area contributed by atoms with Crippen molar-refractivity contribution in [1.82, 2.24) is 20.2 Å². The Kier molecular flexibility index (Phi) is 5.50. The minimum Gasteiger partial charge on any atom is -0.497 e. The maximum atomic E-state index is 12.2. The fraction of sp³-hybridized carbons (Fsp3) is 0.222. The topological polar surface area (TPSA) is 100 Å². The van der Waals surface area contributed by atoms with Crippen LogP contribution in [0.5, 0.6) is 17.2 Å². The highest BCUT2D eigenvalue weighted by molar-refractivity contribution is 5.90. The lowest BCUT2D eigenvalue weighted by atomic mass is 10.2. The third kappa shape index (κ3) is 4.32. The second-order valence-corrected chi connectivity index (χ2v) is 5.49. The standard InChI is InChI=1S/C18H19N5O4/c1-25-14-6-4-5-13(10-14)19-17(24)11-23-21-18(20-22-23)12-7-8-15(26-2)16(9-12)27-3/h4-10H,11H2,1-3H3,(H,19,24). The molecule has 9 nitrogen and oxygen atoms in total. The number of rotatable bonds is 7. The van der Waals surface area contributed by atoms with Crippen LogP contribution in [0.25, 0.3) is 11.4 Å². The summed E-state index contributed by atoms with van der Waals surface area (Å²) in [5.74, 6) is 1.92. The summed E-state index contributed by atoms with van der Waals surface area (Å²) in [6.07, 6.45) is 0. The lowest BCUT2D eigenvalue weighted by molar-refractivity contribution is -0.117. The van der Waals surface area contributed by atoms with Gasteiger partial charge in [0.25, 0.3) is 0 Å². The van der Waals surface area contributed by atoms with E-state index in [1.54, 1.807) is 63.8 Å². The quantitative estimate of drug-likeness (QED) is 0.680. The van der Waals surface area contributed by atoms with E-state index in [1.165, 1.54) is 4.80 Å². The highest BCUT2D eigenvalue weighted by Gasteiger charge is 2.12. The lowest BCUT2D eigenvalue weighted by Crippen LogP contribution is -2.20. The van der Waals surface area contributed by atoms with E-state index in [1.807, 2.05) is 0 Å². The number of ether oxygens (including phenoxy) is 3. The molecule has 1 heterocycles. The summed E-state index contributed by atoms with van der Waals surface area (Å²) in [5, 5.41) is 14.9. The maximum absolute atomic E-state index is 12.2. The largest absolute Gasteiger partial charge is 0.497 e. The van der Waals surface area contributed by atoms with Crippen molar-refractivity contribution in [2.24, 2.45) is 0 Å². The Hall–Kier alpha value is -3.62. The molecule has 3 aromatic rings. The van der Waals surface area contributed by atoms with Gasteiger partial charge in [0, 0.05) is 17.3 Å². The van der Waals surface area contributed by atoms with Gasteiger partial charge in [-0.15, -0.1) is 10.2 Å². The summed E-state index contributed by atoms with van der Waals surface area (Å²) < 4.78 is 15.6. The van der Waals surface area contributed by atoms with E-state index in [0.29, 0.717) is 34.3 Å². The molecule has 0 aliphatic carbocycles. The smallest absolute Gasteiger partial charge is 0.248 e. The van der Waals surface area contributed by atoms with Crippen LogP contribution in [0.15, 0.2) is 42.5 Å². The number of methoxy groups -OCH3 is 3. The van der Waals surface area contributed by atoms with Gasteiger partial charge in [-0.2, -0.15) is 4.80 Å². The number of hydrogen-bond donors (Lipinski definition) is 1. The molecule has 0 bridgehead atoms. The Balaban J connectivity index is 1.69. The van der Waals surface area contributed by atoms with Gasteiger partial charge in [-0.25, -0.2) is 0 Å². The molecule has 0 saturated carbocycles. The Morgan fingerprint density at radius 3 is 2.59 bits per heavy atom. The van der Waals surface area contributed by atoms with Gasteiger partial charge in [-0.1, -0.05) is 6.07 Å². The molecule has 1 amide bonds. The van der Waals surface area contributed by atoms with Crippen molar-refractivity contribution >= 4 is 11.6 Å². The van der Waals surface area contributed by atoms with Crippen molar-refractivity contribution < 1.29 is 19.0 Å². The molecule has 2 aromatic carbocycles. The van der Waals surface area contributed by atoms with Gasteiger partial charge in [0.05, 0.1) is 21.3 Å². The van der Waals surface area contributed by atoms with Crippen molar-refractivity contribution in [1.29, 1.82) is 0 Å². The van der Waals surface area contributed by atoms with E-state index in [9.17, 15) is 4.79 Å². The van der Waals surface area contributed by atoms with Crippen molar-refractivity contribution in [2.75, 3.05) is 26.6 Å². The van der Waals surface area contributed by atoms with Crippen LogP contribution in [0.2, 0.25) is 0 Å². The Morgan fingerprint density at radius 2 is 1.85 bits per heavy atom. The number of benzene rings is 2. The molecule has 1 aromatic heterocycles. The maximum Gasteiger partial charge on any atom is 0.248 e. The van der Waals surface area contributed by atoms with Gasteiger partial charge < -0.3 is 19.5 Å². The van der Waals surface area contributed by atoms with Crippen LogP contribution in [0.1, 0.15) is 0 Å². The SMILES string of the molecule is COc1cccc(NC(=O)Cn2nnc(-c3ccc(OC)c(OC)c3)n2)c1. The van der Waals surface area contributed by atoms with Gasteiger partial charge in [-0.3, -0.25) is 4.79 Å². The van der Waals surface area contributed by atoms with Crippen LogP contribution in [0.4, 0.5) is 5.69 Å². The Labute approximate surface area is 155 Å². The predicted octanol–water partition coefficient (Wildman–Crippen LogP) is 2.00. The molecule has 0 unspecified atom stereocenters. The molecule has 0 fully saturated rings. The van der Waals surface area contributed by atoms with E-state index in [2.05, 4.69) is 20.7 Å². The molecule has 0 aliphatic heterocycles. The first-order chi connectivity index (χ1) is 13.1. The summed E-state index contributed by atoms with van der Waals surface area (Å²) in [5.41, 5.74) is 1.33.